The first-order valence-corrected chi connectivity index (χ1v) is 12.5. The van der Waals surface area contributed by atoms with Crippen molar-refractivity contribution in [2.75, 3.05) is 39.0 Å². The zero-order chi connectivity index (χ0) is 26.0. The fourth-order valence-electron chi connectivity index (χ4n) is 4.20. The summed E-state index contributed by atoms with van der Waals surface area (Å²) in [6.07, 6.45) is 4.07. The summed E-state index contributed by atoms with van der Waals surface area (Å²) in [4.78, 5) is 30.6. The van der Waals surface area contributed by atoms with Crippen LogP contribution in [0, 0.1) is 0 Å². The minimum atomic E-state index is -0.723. The number of nitrogens with one attached hydrogen (secondary N) is 2. The van der Waals surface area contributed by atoms with Crippen LogP contribution in [-0.2, 0) is 16.0 Å². The molecule has 0 aliphatic rings. The van der Waals surface area contributed by atoms with Gasteiger partial charge in [0.25, 0.3) is 0 Å². The number of aryl methyl sites for hydroxylation is 1. The fourth-order valence-corrected chi connectivity index (χ4v) is 4.20. The molecule has 3 aromatic rings. The number of hydrogen-bond acceptors (Lipinski definition) is 5. The van der Waals surface area contributed by atoms with Crippen LogP contribution in [0.4, 0.5) is 5.69 Å². The van der Waals surface area contributed by atoms with Crippen molar-refractivity contribution in [2.45, 2.75) is 37.8 Å². The Hall–Kier alpha value is -3.33. The molecule has 0 spiro atoms. The maximum Gasteiger partial charge on any atom is 0.247 e. The number of carbonyl (C=O) groups excluding carboxylic acids is 2. The average molecular weight is 492 g/mol. The topological polar surface area (TPSA) is 123 Å². The molecule has 0 bridgehead atoms. The van der Waals surface area contributed by atoms with Gasteiger partial charge < -0.3 is 26.6 Å². The SMILES string of the molecule is C[N+](C)(CCN)CCC[C@H](N)C(=O)N[C@H](CCc1ccccc1)C(=O)Nc1cnc2ccccc2c1. The standard InChI is InChI=1S/C28H38N6O2/c1-34(2,18-16-29)17-8-12-24(30)27(35)33-26(15-14-21-9-4-3-5-10-21)28(36)32-23-19-22-11-6-7-13-25(22)31-20-23/h3-7,9-11,13,19-20,24,26H,8,12,14-18,29-30H2,1-2H3,(H-,32,33,35,36)/p+1/t24-,26+/m0/s1. The average Bonchev–Trinajstić information content (AvgIpc) is 2.86. The van der Waals surface area contributed by atoms with Crippen molar-refractivity contribution in [1.82, 2.24) is 10.3 Å². The van der Waals surface area contributed by atoms with Gasteiger partial charge >= 0.3 is 0 Å². The molecule has 8 nitrogen and oxygen atoms in total. The van der Waals surface area contributed by atoms with Gasteiger partial charge in [0.1, 0.15) is 6.04 Å². The number of anilines is 1. The first-order chi connectivity index (χ1) is 17.3. The summed E-state index contributed by atoms with van der Waals surface area (Å²) in [6, 6.07) is 18.1. The molecule has 0 fully saturated rings. The zero-order valence-corrected chi connectivity index (χ0v) is 21.3. The Balaban J connectivity index is 1.64. The Morgan fingerprint density at radius 3 is 2.44 bits per heavy atom. The summed E-state index contributed by atoms with van der Waals surface area (Å²) in [7, 11) is 4.23. The molecule has 0 aliphatic heterocycles. The number of aromatic nitrogens is 1. The Labute approximate surface area is 213 Å². The second-order valence-electron chi connectivity index (χ2n) is 9.91. The van der Waals surface area contributed by atoms with Gasteiger partial charge in [-0.2, -0.15) is 0 Å². The van der Waals surface area contributed by atoms with Gasteiger partial charge in [0.15, 0.2) is 0 Å². The van der Waals surface area contributed by atoms with Crippen LogP contribution < -0.4 is 22.1 Å². The third-order valence-corrected chi connectivity index (χ3v) is 6.41. The zero-order valence-electron chi connectivity index (χ0n) is 21.3. The third kappa shape index (κ3) is 8.41. The third-order valence-electron chi connectivity index (χ3n) is 6.41. The highest BCUT2D eigenvalue weighted by Gasteiger charge is 2.25. The maximum absolute atomic E-state index is 13.2. The van der Waals surface area contributed by atoms with Crippen LogP contribution >= 0.6 is 0 Å². The summed E-state index contributed by atoms with van der Waals surface area (Å²) < 4.78 is 0.784. The number of carbonyl (C=O) groups is 2. The van der Waals surface area contributed by atoms with Gasteiger partial charge in [-0.25, -0.2) is 0 Å². The number of likely N-dealkylation sites (N-methyl/N-ethyl adjacent to an activating group) is 1. The highest BCUT2D eigenvalue weighted by Crippen LogP contribution is 2.17. The van der Waals surface area contributed by atoms with Crippen LogP contribution in [0.5, 0.6) is 0 Å². The van der Waals surface area contributed by atoms with E-state index in [4.69, 9.17) is 11.5 Å². The predicted octanol–water partition coefficient (Wildman–Crippen LogP) is 2.43. The maximum atomic E-state index is 13.2. The van der Waals surface area contributed by atoms with E-state index in [1.807, 2.05) is 60.7 Å². The quantitative estimate of drug-likeness (QED) is 0.274. The second kappa shape index (κ2) is 13.1. The molecule has 0 unspecified atom stereocenters. The van der Waals surface area contributed by atoms with Gasteiger partial charge in [0.2, 0.25) is 11.8 Å². The number of nitrogens with zero attached hydrogens (tertiary/aromatic N) is 2. The number of quaternary nitrogens is 1. The van der Waals surface area contributed by atoms with Crippen molar-refractivity contribution >= 4 is 28.4 Å². The van der Waals surface area contributed by atoms with E-state index in [2.05, 4.69) is 29.7 Å². The Morgan fingerprint density at radius 1 is 0.972 bits per heavy atom. The molecule has 2 atom stereocenters. The Kier molecular flexibility index (Phi) is 9.93. The molecule has 1 heterocycles. The van der Waals surface area contributed by atoms with Gasteiger partial charge in [-0.15, -0.1) is 0 Å². The van der Waals surface area contributed by atoms with Gasteiger partial charge in [0, 0.05) is 11.9 Å². The van der Waals surface area contributed by atoms with Gasteiger partial charge in [0.05, 0.1) is 50.6 Å². The molecule has 0 radical (unpaired) electrons. The van der Waals surface area contributed by atoms with Crippen LogP contribution in [0.25, 0.3) is 10.9 Å². The molecule has 192 valence electrons. The highest BCUT2D eigenvalue weighted by atomic mass is 16.2. The van der Waals surface area contributed by atoms with Crippen molar-refractivity contribution < 1.29 is 14.1 Å². The summed E-state index contributed by atoms with van der Waals surface area (Å²) in [6.45, 7) is 2.36. The number of pyridine rings is 1. The molecule has 6 N–H and O–H groups in total. The van der Waals surface area contributed by atoms with E-state index in [1.54, 1.807) is 6.20 Å². The lowest BCUT2D eigenvalue weighted by Crippen LogP contribution is -2.50. The van der Waals surface area contributed by atoms with Crippen LogP contribution in [0.1, 0.15) is 24.8 Å². The number of hydrogen-bond donors (Lipinski definition) is 4. The molecule has 3 rings (SSSR count). The molecule has 8 heteroatoms. The highest BCUT2D eigenvalue weighted by molar-refractivity contribution is 5.98. The van der Waals surface area contributed by atoms with Crippen LogP contribution in [0.15, 0.2) is 66.9 Å². The lowest BCUT2D eigenvalue weighted by molar-refractivity contribution is -0.889. The van der Waals surface area contributed by atoms with Gasteiger partial charge in [-0.1, -0.05) is 48.5 Å². The molecule has 0 saturated heterocycles. The van der Waals surface area contributed by atoms with Gasteiger partial charge in [-0.05, 0) is 43.4 Å². The normalized spacial score (nSPS) is 13.2. The summed E-state index contributed by atoms with van der Waals surface area (Å²) in [5, 5.41) is 6.74. The molecule has 0 aliphatic carbocycles. The lowest BCUT2D eigenvalue weighted by atomic mass is 10.0. The van der Waals surface area contributed by atoms with Crippen molar-refractivity contribution in [3.05, 3.63) is 72.4 Å². The minimum absolute atomic E-state index is 0.288. The van der Waals surface area contributed by atoms with E-state index in [9.17, 15) is 9.59 Å². The number of amides is 2. The molecule has 2 aromatic carbocycles. The van der Waals surface area contributed by atoms with E-state index in [0.29, 0.717) is 31.5 Å². The van der Waals surface area contributed by atoms with Crippen molar-refractivity contribution in [1.29, 1.82) is 0 Å². The van der Waals surface area contributed by atoms with Crippen LogP contribution in [0.2, 0.25) is 0 Å². The molecular weight excluding hydrogens is 452 g/mol. The van der Waals surface area contributed by atoms with E-state index < -0.39 is 12.1 Å². The molecule has 0 saturated carbocycles. The number of para-hydroxylation sites is 1. The van der Waals surface area contributed by atoms with E-state index >= 15 is 0 Å². The predicted molar refractivity (Wildman–Crippen MR) is 145 cm³/mol. The summed E-state index contributed by atoms with van der Waals surface area (Å²) in [5.41, 5.74) is 14.4. The molecular formula is C28H39N6O2+. The number of rotatable bonds is 13. The minimum Gasteiger partial charge on any atom is -0.343 e. The number of benzene rings is 2. The Morgan fingerprint density at radius 2 is 1.69 bits per heavy atom. The Bertz CT molecular complexity index is 1140. The smallest absolute Gasteiger partial charge is 0.247 e. The molecule has 36 heavy (non-hydrogen) atoms. The van der Waals surface area contributed by atoms with E-state index in [1.165, 1.54) is 0 Å². The van der Waals surface area contributed by atoms with E-state index in [0.717, 1.165) is 40.5 Å². The van der Waals surface area contributed by atoms with Crippen LogP contribution in [-0.4, -0.2) is 67.1 Å². The summed E-state index contributed by atoms with van der Waals surface area (Å²) >= 11 is 0. The van der Waals surface area contributed by atoms with Crippen molar-refractivity contribution in [3.63, 3.8) is 0 Å². The largest absolute Gasteiger partial charge is 0.343 e. The first-order valence-electron chi connectivity index (χ1n) is 12.5. The molecule has 2 amide bonds. The first kappa shape index (κ1) is 27.3. The summed E-state index contributed by atoms with van der Waals surface area (Å²) in [5.74, 6) is -0.603. The molecule has 1 aromatic heterocycles. The number of nitrogens with two attached hydrogens (primary N) is 2. The second-order valence-corrected chi connectivity index (χ2v) is 9.91. The monoisotopic (exact) mass is 491 g/mol. The van der Waals surface area contributed by atoms with Crippen LogP contribution in [0.3, 0.4) is 0 Å². The lowest BCUT2D eigenvalue weighted by Gasteiger charge is -2.29. The fraction of sp³-hybridized carbons (Fsp3) is 0.393. The number of fused-ring (bicyclic) bond motifs is 1. The van der Waals surface area contributed by atoms with E-state index in [-0.39, 0.29) is 11.8 Å². The van der Waals surface area contributed by atoms with Crippen molar-refractivity contribution in [2.24, 2.45) is 11.5 Å². The van der Waals surface area contributed by atoms with Gasteiger partial charge in [-0.3, -0.25) is 14.6 Å². The van der Waals surface area contributed by atoms with Crippen molar-refractivity contribution in [3.8, 4) is 0 Å².